The second kappa shape index (κ2) is 15.3. The maximum Gasteiger partial charge on any atom is 0.308 e. The maximum atomic E-state index is 14.6. The summed E-state index contributed by atoms with van der Waals surface area (Å²) in [5, 5.41) is 12.7. The Bertz CT molecular complexity index is 1510. The van der Waals surface area contributed by atoms with Gasteiger partial charge < -0.3 is 38.3 Å². The van der Waals surface area contributed by atoms with Crippen LogP contribution in [-0.2, 0) is 71.5 Å². The van der Waals surface area contributed by atoms with Gasteiger partial charge in [0.2, 0.25) is 0 Å². The first-order valence-corrected chi connectivity index (χ1v) is 17.1. The zero-order valence-electron chi connectivity index (χ0n) is 31.5. The molecule has 0 radical (unpaired) electrons. The van der Waals surface area contributed by atoms with E-state index in [2.05, 4.69) is 0 Å². The number of carbonyl (C=O) groups excluding carboxylic acids is 8. The monoisotopic (exact) mass is 738 g/mol. The Balaban J connectivity index is 2.66. The first-order chi connectivity index (χ1) is 23.8. The number of esters is 7. The van der Waals surface area contributed by atoms with Crippen molar-refractivity contribution in [3.63, 3.8) is 0 Å². The quantitative estimate of drug-likeness (QED) is 0.225. The number of hydrogen-bond donors (Lipinski definition) is 1. The van der Waals surface area contributed by atoms with Crippen molar-refractivity contribution in [2.24, 2.45) is 23.2 Å². The molecule has 290 valence electrons. The number of hydrogen-bond acceptors (Lipinski definition) is 16. The molecule has 1 saturated carbocycles. The molecule has 52 heavy (non-hydrogen) atoms. The van der Waals surface area contributed by atoms with Crippen LogP contribution in [0, 0.1) is 23.2 Å². The largest absolute Gasteiger partial charge is 0.458 e. The minimum Gasteiger partial charge on any atom is -0.458 e. The standard InChI is InChI=1S/C36H50O16/c1-17(2)32(44)50-31-26(46-19(4)37)30(48-21(6)39)33(9,10)14-12-18(3)27(43)35(45)16-34(11,51-22(7)40)28(47-20(5)38)25(35)29-36(31,52-23(8)41)15-13-24(42)49-29/h12,14,17-18,25-26,28-31,45H,13,15-16H2,1-11H3/b14-12+/t18-,25+,26-,28+,29+,30+,31+,34+,35+,36-/m0/s1. The van der Waals surface area contributed by atoms with Crippen molar-refractivity contribution in [3.8, 4) is 0 Å². The second-order valence-electron chi connectivity index (χ2n) is 15.0. The fraction of sp³-hybridized carbons (Fsp3) is 0.722. The average Bonchev–Trinajstić information content (AvgIpc) is 3.20. The number of carbonyl (C=O) groups is 8. The molecule has 2 fully saturated rings. The molecule has 1 aliphatic heterocycles. The second-order valence-corrected chi connectivity index (χ2v) is 15.0. The molecule has 10 atom stereocenters. The molecule has 0 amide bonds. The van der Waals surface area contributed by atoms with Crippen LogP contribution in [0.3, 0.4) is 0 Å². The van der Waals surface area contributed by atoms with Crippen LogP contribution in [-0.4, -0.2) is 100.0 Å². The third-order valence-corrected chi connectivity index (χ3v) is 9.67. The predicted molar refractivity (Wildman–Crippen MR) is 175 cm³/mol. The third kappa shape index (κ3) is 8.48. The summed E-state index contributed by atoms with van der Waals surface area (Å²) < 4.78 is 41.1. The van der Waals surface area contributed by atoms with E-state index < -0.39 is 137 Å². The van der Waals surface area contributed by atoms with Gasteiger partial charge in [-0.05, 0) is 6.92 Å². The number of rotatable bonds is 7. The molecule has 3 rings (SSSR count). The predicted octanol–water partition coefficient (Wildman–Crippen LogP) is 2.23. The fourth-order valence-electron chi connectivity index (χ4n) is 7.67. The van der Waals surface area contributed by atoms with E-state index >= 15 is 0 Å². The smallest absolute Gasteiger partial charge is 0.308 e. The van der Waals surface area contributed by atoms with E-state index in [1.165, 1.54) is 39.8 Å². The van der Waals surface area contributed by atoms with Gasteiger partial charge in [-0.2, -0.15) is 0 Å². The summed E-state index contributed by atoms with van der Waals surface area (Å²) in [5.74, 6) is -11.3. The molecular formula is C36H50O16. The van der Waals surface area contributed by atoms with E-state index in [1.54, 1.807) is 13.8 Å². The summed E-state index contributed by atoms with van der Waals surface area (Å²) in [5.41, 5.74) is -8.43. The van der Waals surface area contributed by atoms with E-state index in [1.807, 2.05) is 0 Å². The number of ketones is 1. The highest BCUT2D eigenvalue weighted by Gasteiger charge is 2.75. The molecule has 0 spiro atoms. The molecule has 2 aliphatic carbocycles. The number of Topliss-reactive ketones (excluding diaryl/α,β-unsaturated/α-hetero) is 1. The Morgan fingerprint density at radius 1 is 0.788 bits per heavy atom. The van der Waals surface area contributed by atoms with Crippen molar-refractivity contribution in [2.45, 2.75) is 143 Å². The van der Waals surface area contributed by atoms with Crippen LogP contribution in [0.2, 0.25) is 0 Å². The average molecular weight is 739 g/mol. The van der Waals surface area contributed by atoms with E-state index in [0.29, 0.717) is 0 Å². The Morgan fingerprint density at radius 2 is 1.33 bits per heavy atom. The lowest BCUT2D eigenvalue weighted by Gasteiger charge is -2.53. The molecule has 0 aromatic rings. The van der Waals surface area contributed by atoms with Crippen molar-refractivity contribution in [2.75, 3.05) is 0 Å². The lowest BCUT2D eigenvalue weighted by atomic mass is 9.66. The SMILES string of the molecule is CC(=O)O[C@H]1[C@@H](OC(C)=O)C(C)(C)/C=C/[C@H](C)C(=O)[C@@]2(O)C[C@@](C)(OC(C)=O)[C@H](OC(C)=O)[C@@H]2[C@H]2OC(=O)CC[C@@]2(OC(C)=O)[C@@H]1OC(=O)C(C)C. The van der Waals surface area contributed by atoms with Gasteiger partial charge in [-0.25, -0.2) is 0 Å². The third-order valence-electron chi connectivity index (χ3n) is 9.67. The van der Waals surface area contributed by atoms with Gasteiger partial charge in [0.15, 0.2) is 41.9 Å². The minimum atomic E-state index is -2.66. The fourth-order valence-corrected chi connectivity index (χ4v) is 7.67. The van der Waals surface area contributed by atoms with E-state index in [-0.39, 0.29) is 0 Å². The van der Waals surface area contributed by atoms with Gasteiger partial charge in [0.05, 0.1) is 11.8 Å². The highest BCUT2D eigenvalue weighted by molar-refractivity contribution is 5.92. The van der Waals surface area contributed by atoms with Crippen molar-refractivity contribution in [1.82, 2.24) is 0 Å². The number of fused-ring (bicyclic) bond motifs is 3. The van der Waals surface area contributed by atoms with Gasteiger partial charge in [0.25, 0.3) is 0 Å². The van der Waals surface area contributed by atoms with Crippen LogP contribution in [0.1, 0.15) is 95.4 Å². The van der Waals surface area contributed by atoms with Crippen molar-refractivity contribution in [1.29, 1.82) is 0 Å². The zero-order chi connectivity index (χ0) is 39.7. The molecule has 0 bridgehead atoms. The van der Waals surface area contributed by atoms with Crippen LogP contribution in [0.25, 0.3) is 0 Å². The van der Waals surface area contributed by atoms with Crippen LogP contribution in [0.4, 0.5) is 0 Å². The maximum absolute atomic E-state index is 14.6. The van der Waals surface area contributed by atoms with E-state index in [4.69, 9.17) is 33.2 Å². The molecule has 1 N–H and O–H groups in total. The Morgan fingerprint density at radius 3 is 1.83 bits per heavy atom. The van der Waals surface area contributed by atoms with Gasteiger partial charge >= 0.3 is 41.8 Å². The van der Waals surface area contributed by atoms with Crippen LogP contribution in [0.15, 0.2) is 12.2 Å². The molecule has 1 heterocycles. The first kappa shape index (κ1) is 42.1. The number of allylic oxidation sites excluding steroid dienone is 1. The van der Waals surface area contributed by atoms with Crippen molar-refractivity contribution >= 4 is 47.6 Å². The lowest BCUT2D eigenvalue weighted by molar-refractivity contribution is -0.271. The van der Waals surface area contributed by atoms with Crippen LogP contribution < -0.4 is 0 Å². The Hall–Kier alpha value is -4.34. The molecular weight excluding hydrogens is 688 g/mol. The summed E-state index contributed by atoms with van der Waals surface area (Å²) in [4.78, 5) is 106. The highest BCUT2D eigenvalue weighted by Crippen LogP contribution is 2.55. The molecule has 0 aromatic carbocycles. The lowest BCUT2D eigenvalue weighted by Crippen LogP contribution is -2.71. The topological polar surface area (TPSA) is 221 Å². The molecule has 0 unspecified atom stereocenters. The minimum absolute atomic E-state index is 0.497. The van der Waals surface area contributed by atoms with Gasteiger partial charge in [0.1, 0.15) is 11.2 Å². The summed E-state index contributed by atoms with van der Waals surface area (Å²) in [6, 6.07) is 0. The zero-order valence-corrected chi connectivity index (χ0v) is 31.5. The molecule has 1 saturated heterocycles. The van der Waals surface area contributed by atoms with Crippen LogP contribution in [0.5, 0.6) is 0 Å². The van der Waals surface area contributed by atoms with E-state index in [0.717, 1.165) is 34.6 Å². The highest BCUT2D eigenvalue weighted by atomic mass is 16.7. The Labute approximate surface area is 302 Å². The summed E-state index contributed by atoms with van der Waals surface area (Å²) in [6.45, 7) is 14.1. The molecule has 3 aliphatic rings. The number of ether oxygens (including phenoxy) is 7. The normalized spacial score (nSPS) is 36.3. The molecule has 16 nitrogen and oxygen atoms in total. The van der Waals surface area contributed by atoms with Gasteiger partial charge in [-0.1, -0.05) is 46.8 Å². The van der Waals surface area contributed by atoms with Crippen molar-refractivity contribution < 1.29 is 76.6 Å². The molecule has 16 heteroatoms. The van der Waals surface area contributed by atoms with Gasteiger partial charge in [-0.15, -0.1) is 0 Å². The van der Waals surface area contributed by atoms with Gasteiger partial charge in [0, 0.05) is 65.2 Å². The van der Waals surface area contributed by atoms with Crippen LogP contribution >= 0.6 is 0 Å². The summed E-state index contributed by atoms with van der Waals surface area (Å²) in [7, 11) is 0. The Kier molecular flexibility index (Phi) is 12.4. The molecule has 0 aromatic heterocycles. The van der Waals surface area contributed by atoms with Gasteiger partial charge in [-0.3, -0.25) is 38.4 Å². The summed E-state index contributed by atoms with van der Waals surface area (Å²) >= 11 is 0. The van der Waals surface area contributed by atoms with Crippen molar-refractivity contribution in [3.05, 3.63) is 12.2 Å². The number of aliphatic hydroxyl groups is 1. The van der Waals surface area contributed by atoms with E-state index in [9.17, 15) is 43.5 Å². The first-order valence-electron chi connectivity index (χ1n) is 17.1. The summed E-state index contributed by atoms with van der Waals surface area (Å²) in [6.07, 6.45) is -7.94.